The van der Waals surface area contributed by atoms with E-state index in [1.165, 1.54) is 5.56 Å². The molecule has 0 saturated carbocycles. The molecular formula is C25H32O4. The highest BCUT2D eigenvalue weighted by Crippen LogP contribution is 2.28. The predicted molar refractivity (Wildman–Crippen MR) is 114 cm³/mol. The second kappa shape index (κ2) is 10.0. The summed E-state index contributed by atoms with van der Waals surface area (Å²) in [5.41, 5.74) is 2.73. The van der Waals surface area contributed by atoms with E-state index in [1.807, 2.05) is 51.1 Å². The molecule has 2 aromatic carbocycles. The van der Waals surface area contributed by atoms with Gasteiger partial charge in [0, 0.05) is 13.0 Å². The Kier molecular flexibility index (Phi) is 7.45. The summed E-state index contributed by atoms with van der Waals surface area (Å²) >= 11 is 0. The van der Waals surface area contributed by atoms with Crippen LogP contribution in [0.25, 0.3) is 0 Å². The molecule has 156 valence electrons. The number of ether oxygens (including phenoxy) is 3. The molecule has 4 heteroatoms. The van der Waals surface area contributed by atoms with E-state index in [9.17, 15) is 4.79 Å². The molecule has 4 nitrogen and oxygen atoms in total. The SMILES string of the molecule is CC(C)(C)OC(=O)Cc1cccc([C@H](Cc2ccccc2)OC2CCCCO2)c1. The molecule has 1 saturated heterocycles. The molecule has 2 aromatic rings. The van der Waals surface area contributed by atoms with Crippen molar-refractivity contribution in [3.63, 3.8) is 0 Å². The van der Waals surface area contributed by atoms with E-state index in [0.29, 0.717) is 0 Å². The van der Waals surface area contributed by atoms with Gasteiger partial charge in [0.05, 0.1) is 12.5 Å². The number of carbonyl (C=O) groups is 1. The normalized spacial score (nSPS) is 18.2. The highest BCUT2D eigenvalue weighted by Gasteiger charge is 2.22. The third-order valence-electron chi connectivity index (χ3n) is 4.81. The lowest BCUT2D eigenvalue weighted by Gasteiger charge is -2.28. The fraction of sp³-hybridized carbons (Fsp3) is 0.480. The van der Waals surface area contributed by atoms with E-state index in [-0.39, 0.29) is 24.8 Å². The standard InChI is InChI=1S/C25H32O4/c1-25(2,3)29-23(26)18-20-12-9-13-21(16-20)22(17-19-10-5-4-6-11-19)28-24-14-7-8-15-27-24/h4-6,9-13,16,22,24H,7-8,14-15,17-18H2,1-3H3/t22-,24?/m0/s1. The maximum atomic E-state index is 12.2. The lowest BCUT2D eigenvalue weighted by Crippen LogP contribution is -2.26. The summed E-state index contributed by atoms with van der Waals surface area (Å²) in [5.74, 6) is -0.217. The van der Waals surface area contributed by atoms with Crippen molar-refractivity contribution in [3.8, 4) is 0 Å². The van der Waals surface area contributed by atoms with Crippen molar-refractivity contribution >= 4 is 5.97 Å². The Labute approximate surface area is 174 Å². The van der Waals surface area contributed by atoms with Gasteiger partial charge in [0.2, 0.25) is 0 Å². The van der Waals surface area contributed by atoms with Crippen LogP contribution in [0.4, 0.5) is 0 Å². The Balaban J connectivity index is 1.76. The molecule has 0 aromatic heterocycles. The van der Waals surface area contributed by atoms with Gasteiger partial charge in [-0.15, -0.1) is 0 Å². The Morgan fingerprint density at radius 2 is 1.83 bits per heavy atom. The van der Waals surface area contributed by atoms with Crippen molar-refractivity contribution in [2.75, 3.05) is 6.61 Å². The van der Waals surface area contributed by atoms with Gasteiger partial charge in [-0.2, -0.15) is 0 Å². The molecular weight excluding hydrogens is 364 g/mol. The molecule has 0 amide bonds. The van der Waals surface area contributed by atoms with E-state index < -0.39 is 5.60 Å². The Bertz CT molecular complexity index is 773. The molecule has 0 spiro atoms. The summed E-state index contributed by atoms with van der Waals surface area (Å²) in [6.07, 6.45) is 3.85. The monoisotopic (exact) mass is 396 g/mol. The van der Waals surface area contributed by atoms with E-state index in [0.717, 1.165) is 43.4 Å². The zero-order chi connectivity index (χ0) is 20.7. The molecule has 2 atom stereocenters. The smallest absolute Gasteiger partial charge is 0.310 e. The van der Waals surface area contributed by atoms with E-state index >= 15 is 0 Å². The molecule has 1 aliphatic rings. The number of carbonyl (C=O) groups excluding carboxylic acids is 1. The fourth-order valence-electron chi connectivity index (χ4n) is 3.52. The highest BCUT2D eigenvalue weighted by atomic mass is 16.7. The maximum absolute atomic E-state index is 12.2. The van der Waals surface area contributed by atoms with Crippen LogP contribution in [0.2, 0.25) is 0 Å². The van der Waals surface area contributed by atoms with Crippen LogP contribution in [0.15, 0.2) is 54.6 Å². The first-order chi connectivity index (χ1) is 13.9. The average Bonchev–Trinajstić information content (AvgIpc) is 2.68. The van der Waals surface area contributed by atoms with Crippen LogP contribution in [0, 0.1) is 0 Å². The minimum Gasteiger partial charge on any atom is -0.460 e. The number of rotatable bonds is 7. The number of hydrogen-bond acceptors (Lipinski definition) is 4. The highest BCUT2D eigenvalue weighted by molar-refractivity contribution is 5.73. The van der Waals surface area contributed by atoms with Gasteiger partial charge < -0.3 is 14.2 Å². The molecule has 0 bridgehead atoms. The molecule has 3 rings (SSSR count). The molecule has 1 aliphatic heterocycles. The molecule has 1 fully saturated rings. The molecule has 1 unspecified atom stereocenters. The molecule has 0 N–H and O–H groups in total. The Hall–Kier alpha value is -2.17. The molecule has 1 heterocycles. The van der Waals surface area contributed by atoms with Crippen LogP contribution < -0.4 is 0 Å². The summed E-state index contributed by atoms with van der Waals surface area (Å²) in [4.78, 5) is 12.2. The van der Waals surface area contributed by atoms with Gasteiger partial charge in [-0.1, -0.05) is 54.6 Å². The van der Waals surface area contributed by atoms with Gasteiger partial charge in [0.15, 0.2) is 6.29 Å². The quantitative estimate of drug-likeness (QED) is 0.588. The maximum Gasteiger partial charge on any atom is 0.310 e. The van der Waals surface area contributed by atoms with Gasteiger partial charge in [0.25, 0.3) is 0 Å². The van der Waals surface area contributed by atoms with Crippen LogP contribution in [-0.4, -0.2) is 24.5 Å². The number of hydrogen-bond donors (Lipinski definition) is 0. The van der Waals surface area contributed by atoms with Crippen molar-refractivity contribution in [1.29, 1.82) is 0 Å². The van der Waals surface area contributed by atoms with Gasteiger partial charge in [-0.3, -0.25) is 4.79 Å². The Morgan fingerprint density at radius 1 is 1.07 bits per heavy atom. The zero-order valence-electron chi connectivity index (χ0n) is 17.7. The first-order valence-corrected chi connectivity index (χ1v) is 10.5. The van der Waals surface area contributed by atoms with Gasteiger partial charge in [-0.05, 0) is 56.7 Å². The fourth-order valence-corrected chi connectivity index (χ4v) is 3.52. The number of benzene rings is 2. The summed E-state index contributed by atoms with van der Waals surface area (Å²) in [6.45, 7) is 6.40. The predicted octanol–water partition coefficient (Wildman–Crippen LogP) is 5.40. The van der Waals surface area contributed by atoms with E-state index in [1.54, 1.807) is 0 Å². The van der Waals surface area contributed by atoms with Crippen LogP contribution >= 0.6 is 0 Å². The molecule has 29 heavy (non-hydrogen) atoms. The summed E-state index contributed by atoms with van der Waals surface area (Å²) in [5, 5.41) is 0. The van der Waals surface area contributed by atoms with Gasteiger partial charge >= 0.3 is 5.97 Å². The second-order valence-electron chi connectivity index (χ2n) is 8.62. The van der Waals surface area contributed by atoms with Gasteiger partial charge in [0.1, 0.15) is 5.60 Å². The number of esters is 1. The summed E-state index contributed by atoms with van der Waals surface area (Å²) < 4.78 is 17.7. The van der Waals surface area contributed by atoms with Crippen LogP contribution in [0.1, 0.15) is 62.8 Å². The minimum atomic E-state index is -0.480. The van der Waals surface area contributed by atoms with Crippen molar-refractivity contribution in [3.05, 3.63) is 71.3 Å². The summed E-state index contributed by atoms with van der Waals surface area (Å²) in [6, 6.07) is 18.4. The Morgan fingerprint density at radius 3 is 2.52 bits per heavy atom. The zero-order valence-corrected chi connectivity index (χ0v) is 17.7. The van der Waals surface area contributed by atoms with E-state index in [2.05, 4.69) is 24.3 Å². The topological polar surface area (TPSA) is 44.8 Å². The van der Waals surface area contributed by atoms with Crippen LogP contribution in [-0.2, 0) is 31.8 Å². The first-order valence-electron chi connectivity index (χ1n) is 10.5. The van der Waals surface area contributed by atoms with Crippen molar-refractivity contribution in [2.24, 2.45) is 0 Å². The molecule has 0 aliphatic carbocycles. The van der Waals surface area contributed by atoms with Gasteiger partial charge in [-0.25, -0.2) is 0 Å². The molecule has 0 radical (unpaired) electrons. The lowest BCUT2D eigenvalue weighted by atomic mass is 9.98. The van der Waals surface area contributed by atoms with Crippen LogP contribution in [0.5, 0.6) is 0 Å². The third-order valence-corrected chi connectivity index (χ3v) is 4.81. The van der Waals surface area contributed by atoms with E-state index in [4.69, 9.17) is 14.2 Å². The third kappa shape index (κ3) is 7.30. The minimum absolute atomic E-state index is 0.126. The average molecular weight is 397 g/mol. The largest absolute Gasteiger partial charge is 0.460 e. The van der Waals surface area contributed by atoms with Crippen molar-refractivity contribution in [2.45, 2.75) is 70.9 Å². The van der Waals surface area contributed by atoms with Crippen molar-refractivity contribution < 1.29 is 19.0 Å². The van der Waals surface area contributed by atoms with Crippen LogP contribution in [0.3, 0.4) is 0 Å². The second-order valence-corrected chi connectivity index (χ2v) is 8.62. The summed E-state index contributed by atoms with van der Waals surface area (Å²) in [7, 11) is 0. The van der Waals surface area contributed by atoms with Crippen molar-refractivity contribution in [1.82, 2.24) is 0 Å². The lowest BCUT2D eigenvalue weighted by molar-refractivity contribution is -0.189. The first kappa shape index (κ1) is 21.5.